The van der Waals surface area contributed by atoms with Crippen molar-refractivity contribution >= 4 is 23.2 Å². The van der Waals surface area contributed by atoms with E-state index in [9.17, 15) is 0 Å². The molecule has 1 nitrogen and oxygen atoms in total. The summed E-state index contributed by atoms with van der Waals surface area (Å²) in [4.78, 5) is 0. The van der Waals surface area contributed by atoms with Crippen LogP contribution >= 0.6 is 23.2 Å². The molecule has 1 aromatic carbocycles. The van der Waals surface area contributed by atoms with Crippen LogP contribution in [0.1, 0.15) is 37.7 Å². The summed E-state index contributed by atoms with van der Waals surface area (Å²) in [6, 6.07) is 6.86. The van der Waals surface area contributed by atoms with Crippen molar-refractivity contribution in [1.29, 1.82) is 0 Å². The number of rotatable bonds is 5. The van der Waals surface area contributed by atoms with Crippen molar-refractivity contribution < 1.29 is 0 Å². The van der Waals surface area contributed by atoms with Crippen molar-refractivity contribution in [1.82, 2.24) is 5.32 Å². The van der Waals surface area contributed by atoms with Crippen LogP contribution in [0.25, 0.3) is 0 Å². The second-order valence-corrected chi connectivity index (χ2v) is 6.75. The van der Waals surface area contributed by atoms with Crippen LogP contribution in [0.2, 0.25) is 10.0 Å². The molecule has 0 heterocycles. The summed E-state index contributed by atoms with van der Waals surface area (Å²) in [5, 5.41) is 5.02. The predicted molar refractivity (Wildman–Crippen MR) is 77.5 cm³/mol. The first-order valence-corrected chi connectivity index (χ1v) is 7.60. The third-order valence-corrected chi connectivity index (χ3v) is 5.06. The number of halogens is 2. The van der Waals surface area contributed by atoms with Crippen LogP contribution in [0.15, 0.2) is 18.2 Å². The molecule has 2 saturated carbocycles. The van der Waals surface area contributed by atoms with Crippen LogP contribution in [0.5, 0.6) is 0 Å². The van der Waals surface area contributed by atoms with E-state index in [-0.39, 0.29) is 0 Å². The normalized spacial score (nSPS) is 21.7. The minimum absolute atomic E-state index is 0.472. The minimum atomic E-state index is 0.472. The second kappa shape index (κ2) is 5.03. The van der Waals surface area contributed by atoms with E-state index in [0.717, 1.165) is 19.0 Å². The molecule has 0 amide bonds. The van der Waals surface area contributed by atoms with Gasteiger partial charge in [-0.05, 0) is 55.2 Å². The maximum Gasteiger partial charge on any atom is 0.0595 e. The maximum atomic E-state index is 6.09. The Morgan fingerprint density at radius 3 is 2.50 bits per heavy atom. The molecule has 0 spiro atoms. The highest BCUT2D eigenvalue weighted by Gasteiger charge is 2.38. The quantitative estimate of drug-likeness (QED) is 0.841. The van der Waals surface area contributed by atoms with Gasteiger partial charge in [-0.1, -0.05) is 35.7 Å². The molecular formula is C15H19Cl2N. The smallest absolute Gasteiger partial charge is 0.0595 e. The first-order chi connectivity index (χ1) is 8.67. The van der Waals surface area contributed by atoms with E-state index < -0.39 is 0 Å². The van der Waals surface area contributed by atoms with Crippen LogP contribution < -0.4 is 5.32 Å². The molecule has 0 unspecified atom stereocenters. The lowest BCUT2D eigenvalue weighted by Gasteiger charge is -2.42. The van der Waals surface area contributed by atoms with E-state index in [1.807, 2.05) is 12.1 Å². The van der Waals surface area contributed by atoms with Crippen LogP contribution in [0, 0.1) is 5.41 Å². The van der Waals surface area contributed by atoms with Crippen molar-refractivity contribution in [2.45, 2.75) is 44.6 Å². The zero-order valence-electron chi connectivity index (χ0n) is 10.5. The Labute approximate surface area is 119 Å². The van der Waals surface area contributed by atoms with Gasteiger partial charge in [0.25, 0.3) is 0 Å². The Bertz CT molecular complexity index is 436. The fourth-order valence-electron chi connectivity index (χ4n) is 2.82. The summed E-state index contributed by atoms with van der Waals surface area (Å²) >= 11 is 12.1. The van der Waals surface area contributed by atoms with Crippen LogP contribution in [-0.4, -0.2) is 12.6 Å². The SMILES string of the molecule is Clc1ccc(CC2(CNC3CC3)CCC2)cc1Cl. The molecule has 1 aromatic rings. The molecule has 1 N–H and O–H groups in total. The summed E-state index contributed by atoms with van der Waals surface area (Å²) in [6.07, 6.45) is 7.91. The van der Waals surface area contributed by atoms with E-state index in [4.69, 9.17) is 23.2 Å². The molecule has 0 radical (unpaired) electrons. The van der Waals surface area contributed by atoms with Crippen molar-refractivity contribution in [3.05, 3.63) is 33.8 Å². The lowest BCUT2D eigenvalue weighted by molar-refractivity contribution is 0.129. The van der Waals surface area contributed by atoms with E-state index in [1.165, 1.54) is 37.7 Å². The highest BCUT2D eigenvalue weighted by Crippen LogP contribution is 2.44. The molecule has 3 heteroatoms. The molecule has 0 bridgehead atoms. The third-order valence-electron chi connectivity index (χ3n) is 4.32. The van der Waals surface area contributed by atoms with Gasteiger partial charge in [0.2, 0.25) is 0 Å². The molecule has 2 aliphatic carbocycles. The number of nitrogens with one attached hydrogen (secondary N) is 1. The Morgan fingerprint density at radius 1 is 1.17 bits per heavy atom. The molecule has 2 fully saturated rings. The lowest BCUT2D eigenvalue weighted by atomic mass is 9.65. The monoisotopic (exact) mass is 283 g/mol. The van der Waals surface area contributed by atoms with Gasteiger partial charge in [-0.2, -0.15) is 0 Å². The Kier molecular flexibility index (Phi) is 3.57. The van der Waals surface area contributed by atoms with Gasteiger partial charge in [0.1, 0.15) is 0 Å². The van der Waals surface area contributed by atoms with Crippen LogP contribution in [0.4, 0.5) is 0 Å². The Morgan fingerprint density at radius 2 is 1.94 bits per heavy atom. The topological polar surface area (TPSA) is 12.0 Å². The molecular weight excluding hydrogens is 265 g/mol. The maximum absolute atomic E-state index is 6.09. The predicted octanol–water partition coefficient (Wildman–Crippen LogP) is 4.46. The van der Waals surface area contributed by atoms with Gasteiger partial charge in [-0.25, -0.2) is 0 Å². The van der Waals surface area contributed by atoms with Crippen molar-refractivity contribution in [2.75, 3.05) is 6.54 Å². The van der Waals surface area contributed by atoms with E-state index in [0.29, 0.717) is 15.5 Å². The first kappa shape index (κ1) is 12.8. The molecule has 98 valence electrons. The number of hydrogen-bond acceptors (Lipinski definition) is 1. The van der Waals surface area contributed by atoms with Gasteiger partial charge in [-0.15, -0.1) is 0 Å². The van der Waals surface area contributed by atoms with Crippen LogP contribution in [0.3, 0.4) is 0 Å². The molecule has 2 aliphatic rings. The highest BCUT2D eigenvalue weighted by molar-refractivity contribution is 6.42. The highest BCUT2D eigenvalue weighted by atomic mass is 35.5. The van der Waals surface area contributed by atoms with Gasteiger partial charge in [0, 0.05) is 12.6 Å². The first-order valence-electron chi connectivity index (χ1n) is 6.84. The van der Waals surface area contributed by atoms with Crippen molar-refractivity contribution in [2.24, 2.45) is 5.41 Å². The number of hydrogen-bond donors (Lipinski definition) is 1. The Hall–Kier alpha value is -0.240. The molecule has 0 saturated heterocycles. The third kappa shape index (κ3) is 2.84. The Balaban J connectivity index is 1.66. The number of benzene rings is 1. The minimum Gasteiger partial charge on any atom is -0.313 e. The molecule has 0 aliphatic heterocycles. The fraction of sp³-hybridized carbons (Fsp3) is 0.600. The summed E-state index contributed by atoms with van der Waals surface area (Å²) in [7, 11) is 0. The lowest BCUT2D eigenvalue weighted by Crippen LogP contribution is -2.42. The zero-order valence-corrected chi connectivity index (χ0v) is 12.0. The van der Waals surface area contributed by atoms with Crippen molar-refractivity contribution in [3.63, 3.8) is 0 Å². The summed E-state index contributed by atoms with van der Waals surface area (Å²) in [5.41, 5.74) is 1.79. The average molecular weight is 284 g/mol. The molecule has 0 aromatic heterocycles. The summed E-state index contributed by atoms with van der Waals surface area (Å²) in [6.45, 7) is 1.16. The van der Waals surface area contributed by atoms with Gasteiger partial charge >= 0.3 is 0 Å². The van der Waals surface area contributed by atoms with E-state index in [1.54, 1.807) is 0 Å². The average Bonchev–Trinajstić information content (AvgIpc) is 3.11. The van der Waals surface area contributed by atoms with E-state index in [2.05, 4.69) is 11.4 Å². The molecule has 3 rings (SSSR count). The zero-order chi connectivity index (χ0) is 12.6. The van der Waals surface area contributed by atoms with E-state index >= 15 is 0 Å². The van der Waals surface area contributed by atoms with Gasteiger partial charge in [-0.3, -0.25) is 0 Å². The summed E-state index contributed by atoms with van der Waals surface area (Å²) < 4.78 is 0. The van der Waals surface area contributed by atoms with Gasteiger partial charge in [0.05, 0.1) is 10.0 Å². The largest absolute Gasteiger partial charge is 0.313 e. The van der Waals surface area contributed by atoms with Crippen LogP contribution in [-0.2, 0) is 6.42 Å². The van der Waals surface area contributed by atoms with Crippen molar-refractivity contribution in [3.8, 4) is 0 Å². The second-order valence-electron chi connectivity index (χ2n) is 5.93. The standard InChI is InChI=1S/C15H19Cl2N/c16-13-5-2-11(8-14(13)17)9-15(6-1-7-15)10-18-12-3-4-12/h2,5,8,12,18H,1,3-4,6-7,9-10H2. The molecule has 0 atom stereocenters. The fourth-order valence-corrected chi connectivity index (χ4v) is 3.14. The molecule has 18 heavy (non-hydrogen) atoms. The summed E-state index contributed by atoms with van der Waals surface area (Å²) in [5.74, 6) is 0. The van der Waals surface area contributed by atoms with Gasteiger partial charge < -0.3 is 5.32 Å². The van der Waals surface area contributed by atoms with Gasteiger partial charge in [0.15, 0.2) is 0 Å².